The van der Waals surface area contributed by atoms with Crippen LogP contribution in [-0.4, -0.2) is 22.2 Å². The van der Waals surface area contributed by atoms with E-state index in [0.29, 0.717) is 21.4 Å². The molecule has 140 valence electrons. The van der Waals surface area contributed by atoms with Crippen LogP contribution in [0.15, 0.2) is 79.7 Å². The molecule has 5 nitrogen and oxygen atoms in total. The van der Waals surface area contributed by atoms with Gasteiger partial charge in [-0.3, -0.25) is 9.69 Å². The average Bonchev–Trinajstić information content (AvgIpc) is 3.44. The Hall–Kier alpha value is -2.97. The van der Waals surface area contributed by atoms with Gasteiger partial charge in [-0.05, 0) is 47.5 Å². The summed E-state index contributed by atoms with van der Waals surface area (Å²) in [6.45, 7) is 0.245. The molecule has 1 amide bonds. The quantitative estimate of drug-likeness (QED) is 0.338. The zero-order valence-corrected chi connectivity index (χ0v) is 16.1. The molecule has 28 heavy (non-hydrogen) atoms. The van der Waals surface area contributed by atoms with Crippen molar-refractivity contribution in [1.29, 1.82) is 0 Å². The summed E-state index contributed by atoms with van der Waals surface area (Å²) in [5.41, 5.74) is 0.327. The Kier molecular flexibility index (Phi) is 5.50. The predicted molar refractivity (Wildman–Crippen MR) is 111 cm³/mol. The molecule has 4 rings (SSSR count). The number of thiophene rings is 1. The van der Waals surface area contributed by atoms with E-state index in [1.807, 2.05) is 23.6 Å². The monoisotopic (exact) mass is 411 g/mol. The first-order valence-corrected chi connectivity index (χ1v) is 10.0. The number of benzene rings is 1. The fourth-order valence-electron chi connectivity index (χ4n) is 2.50. The van der Waals surface area contributed by atoms with Crippen LogP contribution in [0.5, 0.6) is 0 Å². The summed E-state index contributed by atoms with van der Waals surface area (Å²) in [5.74, 6) is 0.0825. The van der Waals surface area contributed by atoms with Crippen molar-refractivity contribution in [3.63, 3.8) is 0 Å². The fourth-order valence-corrected chi connectivity index (χ4v) is 4.16. The van der Waals surface area contributed by atoms with E-state index < -0.39 is 0 Å². The van der Waals surface area contributed by atoms with E-state index in [9.17, 15) is 9.18 Å². The highest BCUT2D eigenvalue weighted by Crippen LogP contribution is 2.34. The molecule has 0 N–H and O–H groups in total. The summed E-state index contributed by atoms with van der Waals surface area (Å²) in [7, 11) is 0. The van der Waals surface area contributed by atoms with Gasteiger partial charge < -0.3 is 4.42 Å². The van der Waals surface area contributed by atoms with E-state index in [4.69, 9.17) is 4.42 Å². The van der Waals surface area contributed by atoms with Gasteiger partial charge in [0, 0.05) is 10.4 Å². The van der Waals surface area contributed by atoms with Crippen LogP contribution in [0.3, 0.4) is 0 Å². The van der Waals surface area contributed by atoms with E-state index in [-0.39, 0.29) is 18.3 Å². The Morgan fingerprint density at radius 2 is 2.04 bits per heavy atom. The fraction of sp³-hybridized carbons (Fsp3) is 0.0500. The summed E-state index contributed by atoms with van der Waals surface area (Å²) < 4.78 is 19.1. The Balaban J connectivity index is 1.62. The van der Waals surface area contributed by atoms with Crippen molar-refractivity contribution in [2.75, 3.05) is 0 Å². The number of rotatable bonds is 5. The number of thioether (sulfide) groups is 1. The number of hydrogen-bond acceptors (Lipinski definition) is 6. The second-order valence-corrected chi connectivity index (χ2v) is 7.73. The number of carbonyl (C=O) groups excluding carboxylic acids is 1. The maximum atomic E-state index is 13.7. The lowest BCUT2D eigenvalue weighted by Gasteiger charge is -2.12. The minimum Gasteiger partial charge on any atom is -0.467 e. The number of amides is 1. The van der Waals surface area contributed by atoms with Crippen LogP contribution in [0.2, 0.25) is 0 Å². The summed E-state index contributed by atoms with van der Waals surface area (Å²) in [6, 6.07) is 13.7. The van der Waals surface area contributed by atoms with E-state index in [1.165, 1.54) is 28.9 Å². The van der Waals surface area contributed by atoms with Crippen LogP contribution < -0.4 is 0 Å². The lowest BCUT2D eigenvalue weighted by Crippen LogP contribution is -2.28. The average molecular weight is 411 g/mol. The van der Waals surface area contributed by atoms with Crippen LogP contribution in [0.1, 0.15) is 16.2 Å². The van der Waals surface area contributed by atoms with Gasteiger partial charge in [0.2, 0.25) is 0 Å². The number of furan rings is 1. The first-order valence-electron chi connectivity index (χ1n) is 8.33. The van der Waals surface area contributed by atoms with Gasteiger partial charge in [0.25, 0.3) is 5.91 Å². The van der Waals surface area contributed by atoms with Crippen LogP contribution in [-0.2, 0) is 11.3 Å². The largest absolute Gasteiger partial charge is 0.467 e. The molecular formula is C20H14FN3O2S2. The van der Waals surface area contributed by atoms with Crippen molar-refractivity contribution in [3.05, 3.63) is 87.1 Å². The molecule has 1 saturated heterocycles. The molecule has 1 aliphatic heterocycles. The Labute approximate surface area is 168 Å². The third-order valence-corrected chi connectivity index (χ3v) is 5.66. The number of nitrogens with zero attached hydrogens (tertiary/aromatic N) is 3. The lowest BCUT2D eigenvalue weighted by molar-refractivity contribution is -0.122. The predicted octanol–water partition coefficient (Wildman–Crippen LogP) is 4.99. The van der Waals surface area contributed by atoms with Gasteiger partial charge in [-0.1, -0.05) is 24.3 Å². The van der Waals surface area contributed by atoms with Crippen LogP contribution in [0.4, 0.5) is 4.39 Å². The molecule has 0 aliphatic carbocycles. The van der Waals surface area contributed by atoms with E-state index in [2.05, 4.69) is 10.2 Å². The van der Waals surface area contributed by atoms with Crippen LogP contribution in [0.25, 0.3) is 6.08 Å². The number of halogens is 1. The molecule has 0 bridgehead atoms. The molecular weight excluding hydrogens is 397 g/mol. The Bertz CT molecular complexity index is 1060. The standard InChI is InChI=1S/C20H14FN3O2S2/c21-17-8-2-1-5-14(17)12-22-23-20-24(13-15-6-3-9-26-15)19(25)18(28-20)11-16-7-4-10-27-16/h1-12H,13H2/b18-11-,22-12-,23-20+. The smallest absolute Gasteiger partial charge is 0.267 e. The van der Waals surface area contributed by atoms with Crippen LogP contribution in [0, 0.1) is 5.82 Å². The van der Waals surface area contributed by atoms with Gasteiger partial charge in [0.1, 0.15) is 11.6 Å². The van der Waals surface area contributed by atoms with E-state index >= 15 is 0 Å². The van der Waals surface area contributed by atoms with Crippen molar-refractivity contribution in [2.24, 2.45) is 10.2 Å². The van der Waals surface area contributed by atoms with Crippen molar-refractivity contribution < 1.29 is 13.6 Å². The number of hydrogen-bond donors (Lipinski definition) is 0. The van der Waals surface area contributed by atoms with Crippen molar-refractivity contribution in [2.45, 2.75) is 6.54 Å². The summed E-state index contributed by atoms with van der Waals surface area (Å²) in [6.07, 6.45) is 4.72. The van der Waals surface area contributed by atoms with Crippen molar-refractivity contribution in [3.8, 4) is 0 Å². The lowest BCUT2D eigenvalue weighted by atomic mass is 10.2. The first kappa shape index (κ1) is 18.4. The van der Waals surface area contributed by atoms with Gasteiger partial charge >= 0.3 is 0 Å². The zero-order chi connectivity index (χ0) is 19.3. The van der Waals surface area contributed by atoms with Gasteiger partial charge in [0.05, 0.1) is 23.9 Å². The second kappa shape index (κ2) is 8.37. The topological polar surface area (TPSA) is 58.2 Å². The normalized spacial score (nSPS) is 17.5. The summed E-state index contributed by atoms with van der Waals surface area (Å²) in [5, 5.41) is 10.5. The molecule has 3 aromatic rings. The highest BCUT2D eigenvalue weighted by Gasteiger charge is 2.34. The van der Waals surface area contributed by atoms with Gasteiger partial charge in [-0.15, -0.1) is 16.4 Å². The number of carbonyl (C=O) groups is 1. The number of amidine groups is 1. The maximum absolute atomic E-state index is 13.7. The SMILES string of the molecule is O=C1/C(=C/c2cccs2)S/C(=N/N=C\c2ccccc2F)N1Cc1ccco1. The highest BCUT2D eigenvalue weighted by atomic mass is 32.2. The van der Waals surface area contributed by atoms with E-state index in [0.717, 1.165) is 4.88 Å². The van der Waals surface area contributed by atoms with Gasteiger partial charge in [-0.25, -0.2) is 4.39 Å². The maximum Gasteiger partial charge on any atom is 0.267 e. The molecule has 2 aromatic heterocycles. The van der Waals surface area contributed by atoms with Crippen LogP contribution >= 0.6 is 23.1 Å². The Morgan fingerprint density at radius 3 is 2.79 bits per heavy atom. The molecule has 0 unspecified atom stereocenters. The molecule has 0 atom stereocenters. The minimum atomic E-state index is -0.382. The van der Waals surface area contributed by atoms with Gasteiger partial charge in [-0.2, -0.15) is 5.10 Å². The molecule has 0 spiro atoms. The summed E-state index contributed by atoms with van der Waals surface area (Å²) >= 11 is 2.78. The minimum absolute atomic E-state index is 0.172. The van der Waals surface area contributed by atoms with Crippen molar-refractivity contribution in [1.82, 2.24) is 4.90 Å². The van der Waals surface area contributed by atoms with Crippen molar-refractivity contribution >= 4 is 46.5 Å². The molecule has 1 fully saturated rings. The molecule has 0 radical (unpaired) electrons. The summed E-state index contributed by atoms with van der Waals surface area (Å²) in [4.78, 5) is 15.9. The first-order chi connectivity index (χ1) is 13.7. The third kappa shape index (κ3) is 4.13. The third-order valence-electron chi connectivity index (χ3n) is 3.84. The van der Waals surface area contributed by atoms with Gasteiger partial charge in [0.15, 0.2) is 5.17 Å². The molecule has 1 aliphatic rings. The molecule has 0 saturated carbocycles. The molecule has 3 heterocycles. The molecule has 1 aromatic carbocycles. The Morgan fingerprint density at radius 1 is 1.14 bits per heavy atom. The highest BCUT2D eigenvalue weighted by molar-refractivity contribution is 8.18. The second-order valence-electron chi connectivity index (χ2n) is 5.75. The molecule has 8 heteroatoms. The zero-order valence-electron chi connectivity index (χ0n) is 14.5. The van der Waals surface area contributed by atoms with E-state index in [1.54, 1.807) is 47.9 Å².